The summed E-state index contributed by atoms with van der Waals surface area (Å²) in [6, 6.07) is 0. The summed E-state index contributed by atoms with van der Waals surface area (Å²) in [5.74, 6) is -1.20. The SMILES string of the molecule is CCCCC1CC(=O)OC1=O.CCCCCCCCCC(C)(OCC)OCC. The molecule has 28 heavy (non-hydrogen) atoms. The number of hydrogen-bond acceptors (Lipinski definition) is 5. The van der Waals surface area contributed by atoms with Crippen molar-refractivity contribution in [3.63, 3.8) is 0 Å². The Balaban J connectivity index is 0.000000567. The highest BCUT2D eigenvalue weighted by molar-refractivity contribution is 5.94. The van der Waals surface area contributed by atoms with E-state index in [1.54, 1.807) is 0 Å². The molecule has 1 atom stereocenters. The van der Waals surface area contributed by atoms with Gasteiger partial charge in [-0.1, -0.05) is 65.2 Å². The molecule has 0 N–H and O–H groups in total. The summed E-state index contributed by atoms with van der Waals surface area (Å²) in [5, 5.41) is 0. The van der Waals surface area contributed by atoms with Gasteiger partial charge in [-0.2, -0.15) is 0 Å². The van der Waals surface area contributed by atoms with E-state index in [0.717, 1.165) is 38.9 Å². The Hall–Kier alpha value is -0.940. The standard InChI is InChI=1S/C15H32O2.C8H12O3/c1-5-8-9-10-11-12-13-14-15(4,16-6-2)17-7-3;1-2-3-4-6-5-7(9)11-8(6)10/h5-14H2,1-4H3;6H,2-5H2,1H3. The third-order valence-corrected chi connectivity index (χ3v) is 5.00. The minimum Gasteiger partial charge on any atom is -0.393 e. The molecular formula is C23H44O5. The van der Waals surface area contributed by atoms with Crippen LogP contribution < -0.4 is 0 Å². The van der Waals surface area contributed by atoms with Gasteiger partial charge in [-0.25, -0.2) is 0 Å². The predicted molar refractivity (Wildman–Crippen MR) is 113 cm³/mol. The van der Waals surface area contributed by atoms with Crippen LogP contribution in [0.25, 0.3) is 0 Å². The van der Waals surface area contributed by atoms with Gasteiger partial charge in [0.1, 0.15) is 0 Å². The van der Waals surface area contributed by atoms with Crippen molar-refractivity contribution in [2.24, 2.45) is 5.92 Å². The number of cyclic esters (lactones) is 2. The summed E-state index contributed by atoms with van der Waals surface area (Å²) < 4.78 is 15.8. The molecule has 1 rings (SSSR count). The first kappa shape index (κ1) is 27.1. The van der Waals surface area contributed by atoms with Crippen LogP contribution in [-0.2, 0) is 23.8 Å². The van der Waals surface area contributed by atoms with E-state index in [-0.39, 0.29) is 23.6 Å². The highest BCUT2D eigenvalue weighted by Gasteiger charge is 2.32. The lowest BCUT2D eigenvalue weighted by molar-refractivity contribution is -0.225. The van der Waals surface area contributed by atoms with Crippen molar-refractivity contribution in [3.8, 4) is 0 Å². The van der Waals surface area contributed by atoms with Gasteiger partial charge in [-0.05, 0) is 33.6 Å². The number of unbranched alkanes of at least 4 members (excludes halogenated alkanes) is 7. The van der Waals surface area contributed by atoms with Crippen molar-refractivity contribution in [2.45, 2.75) is 117 Å². The lowest BCUT2D eigenvalue weighted by Gasteiger charge is -2.29. The highest BCUT2D eigenvalue weighted by atomic mass is 16.7. The monoisotopic (exact) mass is 400 g/mol. The molecule has 1 unspecified atom stereocenters. The normalized spacial score (nSPS) is 16.7. The summed E-state index contributed by atoms with van der Waals surface area (Å²) in [5.41, 5.74) is 0. The molecule has 0 aliphatic carbocycles. The molecule has 1 saturated heterocycles. The third kappa shape index (κ3) is 13.3. The summed E-state index contributed by atoms with van der Waals surface area (Å²) in [6.07, 6.45) is 13.5. The smallest absolute Gasteiger partial charge is 0.317 e. The van der Waals surface area contributed by atoms with E-state index < -0.39 is 0 Å². The molecule has 0 spiro atoms. The Morgan fingerprint density at radius 1 is 0.857 bits per heavy atom. The molecule has 1 heterocycles. The minimum atomic E-state index is -0.365. The number of carbonyl (C=O) groups is 2. The number of ether oxygens (including phenoxy) is 3. The topological polar surface area (TPSA) is 61.8 Å². The lowest BCUT2D eigenvalue weighted by Crippen LogP contribution is -2.32. The molecule has 0 radical (unpaired) electrons. The van der Waals surface area contributed by atoms with Crippen LogP contribution in [0, 0.1) is 5.92 Å². The van der Waals surface area contributed by atoms with Crippen molar-refractivity contribution < 1.29 is 23.8 Å². The first-order valence-corrected chi connectivity index (χ1v) is 11.4. The summed E-state index contributed by atoms with van der Waals surface area (Å²) in [6.45, 7) is 11.9. The van der Waals surface area contributed by atoms with Gasteiger partial charge in [0.15, 0.2) is 5.79 Å². The van der Waals surface area contributed by atoms with Crippen LogP contribution in [0.1, 0.15) is 112 Å². The Morgan fingerprint density at radius 3 is 1.86 bits per heavy atom. The fraction of sp³-hybridized carbons (Fsp3) is 0.913. The van der Waals surface area contributed by atoms with Gasteiger partial charge < -0.3 is 14.2 Å². The molecule has 1 aliphatic rings. The number of esters is 2. The van der Waals surface area contributed by atoms with E-state index in [9.17, 15) is 9.59 Å². The van der Waals surface area contributed by atoms with Gasteiger partial charge in [0.2, 0.25) is 0 Å². The fourth-order valence-electron chi connectivity index (χ4n) is 3.39. The van der Waals surface area contributed by atoms with Gasteiger partial charge in [0.25, 0.3) is 0 Å². The van der Waals surface area contributed by atoms with Crippen LogP contribution in [-0.4, -0.2) is 30.9 Å². The van der Waals surface area contributed by atoms with Crippen LogP contribution in [0.15, 0.2) is 0 Å². The van der Waals surface area contributed by atoms with Crippen LogP contribution in [0.5, 0.6) is 0 Å². The summed E-state index contributed by atoms with van der Waals surface area (Å²) in [4.78, 5) is 21.4. The maximum absolute atomic E-state index is 10.8. The predicted octanol–water partition coefficient (Wildman–Crippen LogP) is 6.18. The van der Waals surface area contributed by atoms with Crippen LogP contribution in [0.3, 0.4) is 0 Å². The second-order valence-electron chi connectivity index (χ2n) is 7.71. The van der Waals surface area contributed by atoms with E-state index in [1.807, 2.05) is 13.8 Å². The molecule has 1 aliphatic heterocycles. The van der Waals surface area contributed by atoms with Crippen LogP contribution >= 0.6 is 0 Å². The Kier molecular flexibility index (Phi) is 16.4. The molecule has 0 aromatic rings. The van der Waals surface area contributed by atoms with Crippen LogP contribution in [0.2, 0.25) is 0 Å². The Labute approximate surface area is 172 Å². The van der Waals surface area contributed by atoms with Gasteiger partial charge >= 0.3 is 11.9 Å². The van der Waals surface area contributed by atoms with E-state index in [1.165, 1.54) is 44.9 Å². The zero-order valence-corrected chi connectivity index (χ0v) is 19.0. The quantitative estimate of drug-likeness (QED) is 0.142. The Morgan fingerprint density at radius 2 is 1.39 bits per heavy atom. The largest absolute Gasteiger partial charge is 0.393 e. The third-order valence-electron chi connectivity index (χ3n) is 5.00. The zero-order chi connectivity index (χ0) is 21.3. The Bertz CT molecular complexity index is 402. The molecule has 5 heteroatoms. The van der Waals surface area contributed by atoms with E-state index in [4.69, 9.17) is 9.47 Å². The van der Waals surface area contributed by atoms with Gasteiger partial charge in [-0.15, -0.1) is 0 Å². The van der Waals surface area contributed by atoms with Crippen LogP contribution in [0.4, 0.5) is 0 Å². The number of rotatable bonds is 15. The minimum absolute atomic E-state index is 0.151. The highest BCUT2D eigenvalue weighted by Crippen LogP contribution is 2.22. The molecule has 1 fully saturated rings. The number of hydrogen-bond donors (Lipinski definition) is 0. The maximum atomic E-state index is 10.8. The van der Waals surface area contributed by atoms with Crippen molar-refractivity contribution in [1.29, 1.82) is 0 Å². The summed E-state index contributed by atoms with van der Waals surface area (Å²) in [7, 11) is 0. The second-order valence-corrected chi connectivity index (χ2v) is 7.71. The average Bonchev–Trinajstić information content (AvgIpc) is 2.97. The maximum Gasteiger partial charge on any atom is 0.317 e. The molecule has 166 valence electrons. The van der Waals surface area contributed by atoms with Crippen molar-refractivity contribution in [1.82, 2.24) is 0 Å². The van der Waals surface area contributed by atoms with E-state index in [0.29, 0.717) is 6.42 Å². The molecule has 0 bridgehead atoms. The van der Waals surface area contributed by atoms with E-state index >= 15 is 0 Å². The first-order valence-electron chi connectivity index (χ1n) is 11.4. The molecule has 0 aromatic carbocycles. The first-order chi connectivity index (χ1) is 13.4. The van der Waals surface area contributed by atoms with E-state index in [2.05, 4.69) is 25.5 Å². The average molecular weight is 401 g/mol. The fourth-order valence-corrected chi connectivity index (χ4v) is 3.39. The summed E-state index contributed by atoms with van der Waals surface area (Å²) >= 11 is 0. The molecule has 0 amide bonds. The lowest BCUT2D eigenvalue weighted by atomic mass is 10.0. The molecular weight excluding hydrogens is 356 g/mol. The van der Waals surface area contributed by atoms with Crippen molar-refractivity contribution in [3.05, 3.63) is 0 Å². The number of carbonyl (C=O) groups excluding carboxylic acids is 2. The molecule has 0 saturated carbocycles. The molecule has 0 aromatic heterocycles. The second kappa shape index (κ2) is 17.0. The van der Waals surface area contributed by atoms with Crippen molar-refractivity contribution in [2.75, 3.05) is 13.2 Å². The van der Waals surface area contributed by atoms with Gasteiger partial charge in [0.05, 0.1) is 12.3 Å². The van der Waals surface area contributed by atoms with Gasteiger partial charge in [0, 0.05) is 19.6 Å². The zero-order valence-electron chi connectivity index (χ0n) is 19.0. The molecule has 5 nitrogen and oxygen atoms in total. The van der Waals surface area contributed by atoms with Gasteiger partial charge in [-0.3, -0.25) is 9.59 Å². The van der Waals surface area contributed by atoms with Crippen molar-refractivity contribution >= 4 is 11.9 Å².